The van der Waals surface area contributed by atoms with Gasteiger partial charge in [0.05, 0.1) is 16.8 Å². The summed E-state index contributed by atoms with van der Waals surface area (Å²) in [4.78, 5) is 27.9. The molecule has 2 aromatic rings. The summed E-state index contributed by atoms with van der Waals surface area (Å²) in [6.07, 6.45) is 3.28. The summed E-state index contributed by atoms with van der Waals surface area (Å²) in [6.45, 7) is 3.34. The van der Waals surface area contributed by atoms with Crippen LogP contribution in [0.2, 0.25) is 0 Å². The first-order valence-electron chi connectivity index (χ1n) is 9.98. The van der Waals surface area contributed by atoms with Crippen molar-refractivity contribution in [3.63, 3.8) is 0 Å². The molecule has 1 N–H and O–H groups in total. The Labute approximate surface area is 168 Å². The van der Waals surface area contributed by atoms with Crippen molar-refractivity contribution < 1.29 is 14.3 Å². The van der Waals surface area contributed by atoms with E-state index in [-0.39, 0.29) is 17.7 Å². The molecule has 1 aliphatic carbocycles. The maximum Gasteiger partial charge on any atom is 0.242 e. The third-order valence-corrected chi connectivity index (χ3v) is 7.16. The number of anilines is 3. The van der Waals surface area contributed by atoms with Crippen LogP contribution in [0.25, 0.3) is 0 Å². The van der Waals surface area contributed by atoms with E-state index in [1.807, 2.05) is 39.9 Å². The van der Waals surface area contributed by atoms with Gasteiger partial charge >= 0.3 is 0 Å². The number of rotatable bonds is 3. The maximum absolute atomic E-state index is 13.6. The first kappa shape index (κ1) is 17.9. The molecule has 1 aromatic carbocycles. The quantitative estimate of drug-likeness (QED) is 0.833. The van der Waals surface area contributed by atoms with Crippen LogP contribution < -0.4 is 10.2 Å². The van der Waals surface area contributed by atoms with Gasteiger partial charge < -0.3 is 10.1 Å². The van der Waals surface area contributed by atoms with Crippen molar-refractivity contribution in [2.75, 3.05) is 23.4 Å². The second-order valence-electron chi connectivity index (χ2n) is 8.31. The van der Waals surface area contributed by atoms with Crippen LogP contribution in [0.3, 0.4) is 0 Å². The Balaban J connectivity index is 1.51. The number of nitrogens with zero attached hydrogens (tertiary/aromatic N) is 1. The van der Waals surface area contributed by atoms with Crippen molar-refractivity contribution in [1.82, 2.24) is 0 Å². The molecular weight excluding hydrogens is 372 g/mol. The van der Waals surface area contributed by atoms with E-state index < -0.39 is 5.41 Å². The lowest BCUT2D eigenvalue weighted by Crippen LogP contribution is -2.42. The van der Waals surface area contributed by atoms with Crippen LogP contribution in [0.1, 0.15) is 38.2 Å². The van der Waals surface area contributed by atoms with E-state index in [1.165, 1.54) is 0 Å². The zero-order chi connectivity index (χ0) is 19.3. The number of fused-ring (bicyclic) bond motifs is 2. The zero-order valence-electron chi connectivity index (χ0n) is 15.9. The van der Waals surface area contributed by atoms with Gasteiger partial charge in [-0.05, 0) is 66.8 Å². The minimum Gasteiger partial charge on any atom is -0.381 e. The molecule has 0 atom stereocenters. The standard InChI is InChI=1S/C22H24N2O3S/c1-14-10-15(11-14)20(25)23-16-2-3-19-18(12-16)22(5-7-27-8-6-22)21(26)24(19)17-4-9-28-13-17/h2-4,9,12-15H,5-8,10-11H2,1H3,(H,23,25). The van der Waals surface area contributed by atoms with Gasteiger partial charge in [0.25, 0.3) is 0 Å². The molecule has 0 bridgehead atoms. The fourth-order valence-corrected chi connectivity index (χ4v) is 5.46. The number of carbonyl (C=O) groups is 2. The lowest BCUT2D eigenvalue weighted by Gasteiger charge is -2.33. The normalized spacial score (nSPS) is 25.5. The first-order chi connectivity index (χ1) is 13.6. The minimum absolute atomic E-state index is 0.0955. The molecule has 5 nitrogen and oxygen atoms in total. The Hall–Kier alpha value is -2.18. The molecule has 1 saturated carbocycles. The van der Waals surface area contributed by atoms with Crippen molar-refractivity contribution in [3.05, 3.63) is 40.6 Å². The number of hydrogen-bond donors (Lipinski definition) is 1. The predicted octanol–water partition coefficient (Wildman–Crippen LogP) is 4.46. The Morgan fingerprint density at radius 1 is 1.25 bits per heavy atom. The number of hydrogen-bond acceptors (Lipinski definition) is 4. The number of thiophene rings is 1. The summed E-state index contributed by atoms with van der Waals surface area (Å²) in [5, 5.41) is 7.08. The average Bonchev–Trinajstić information content (AvgIpc) is 3.27. The summed E-state index contributed by atoms with van der Waals surface area (Å²) >= 11 is 1.59. The summed E-state index contributed by atoms with van der Waals surface area (Å²) in [5.74, 6) is 0.973. The van der Waals surface area contributed by atoms with Crippen molar-refractivity contribution in [2.45, 2.75) is 38.0 Å². The number of ether oxygens (including phenoxy) is 1. The number of nitrogens with one attached hydrogen (secondary N) is 1. The van der Waals surface area contributed by atoms with Crippen molar-refractivity contribution in [1.29, 1.82) is 0 Å². The summed E-state index contributed by atoms with van der Waals surface area (Å²) in [5.41, 5.74) is 3.10. The molecule has 3 aliphatic rings. The molecular formula is C22H24N2O3S. The van der Waals surface area contributed by atoms with Crippen LogP contribution in [-0.4, -0.2) is 25.0 Å². The molecule has 0 unspecified atom stereocenters. The highest BCUT2D eigenvalue weighted by atomic mass is 32.1. The molecule has 2 aliphatic heterocycles. The molecule has 5 rings (SSSR count). The third-order valence-electron chi connectivity index (χ3n) is 6.49. The van der Waals surface area contributed by atoms with Crippen LogP contribution >= 0.6 is 11.3 Å². The average molecular weight is 397 g/mol. The Morgan fingerprint density at radius 2 is 2.04 bits per heavy atom. The van der Waals surface area contributed by atoms with Crippen LogP contribution in [-0.2, 0) is 19.7 Å². The summed E-state index contributed by atoms with van der Waals surface area (Å²) in [7, 11) is 0. The van der Waals surface area contributed by atoms with Gasteiger partial charge in [-0.25, -0.2) is 0 Å². The van der Waals surface area contributed by atoms with Gasteiger partial charge in [0.15, 0.2) is 0 Å². The molecule has 3 heterocycles. The molecule has 0 radical (unpaired) electrons. The molecule has 146 valence electrons. The Morgan fingerprint density at radius 3 is 2.71 bits per heavy atom. The minimum atomic E-state index is -0.554. The monoisotopic (exact) mass is 396 g/mol. The second kappa shape index (κ2) is 6.71. The SMILES string of the molecule is CC1CC(C(=O)Nc2ccc3c(c2)C2(CCOCC2)C(=O)N3c2ccsc2)C1. The summed E-state index contributed by atoms with van der Waals surface area (Å²) < 4.78 is 5.57. The van der Waals surface area contributed by atoms with Gasteiger partial charge in [0, 0.05) is 30.2 Å². The van der Waals surface area contributed by atoms with Gasteiger partial charge in [-0.2, -0.15) is 11.3 Å². The predicted molar refractivity (Wildman–Crippen MR) is 110 cm³/mol. The number of amides is 2. The number of benzene rings is 1. The topological polar surface area (TPSA) is 58.6 Å². The maximum atomic E-state index is 13.6. The third kappa shape index (κ3) is 2.70. The van der Waals surface area contributed by atoms with Crippen LogP contribution in [0.4, 0.5) is 17.1 Å². The van der Waals surface area contributed by atoms with E-state index in [0.29, 0.717) is 32.0 Å². The Bertz CT molecular complexity index is 912. The van der Waals surface area contributed by atoms with E-state index in [4.69, 9.17) is 4.74 Å². The lowest BCUT2D eigenvalue weighted by molar-refractivity contribution is -0.126. The summed E-state index contributed by atoms with van der Waals surface area (Å²) in [6, 6.07) is 7.90. The van der Waals surface area contributed by atoms with Crippen LogP contribution in [0.15, 0.2) is 35.0 Å². The molecule has 1 aromatic heterocycles. The molecule has 1 saturated heterocycles. The van der Waals surface area contributed by atoms with Gasteiger partial charge in [-0.1, -0.05) is 6.92 Å². The highest BCUT2D eigenvalue weighted by Gasteiger charge is 2.52. The van der Waals surface area contributed by atoms with E-state index in [1.54, 1.807) is 11.3 Å². The van der Waals surface area contributed by atoms with E-state index in [9.17, 15) is 9.59 Å². The smallest absolute Gasteiger partial charge is 0.242 e. The fourth-order valence-electron chi connectivity index (χ4n) is 4.84. The molecule has 1 spiro atoms. The van der Waals surface area contributed by atoms with Gasteiger partial charge in [-0.15, -0.1) is 0 Å². The zero-order valence-corrected chi connectivity index (χ0v) is 16.8. The van der Waals surface area contributed by atoms with Crippen LogP contribution in [0, 0.1) is 11.8 Å². The molecule has 2 amide bonds. The Kier molecular flexibility index (Phi) is 4.29. The van der Waals surface area contributed by atoms with Gasteiger partial charge in [-0.3, -0.25) is 14.5 Å². The largest absolute Gasteiger partial charge is 0.381 e. The van der Waals surface area contributed by atoms with Crippen molar-refractivity contribution >= 4 is 40.2 Å². The van der Waals surface area contributed by atoms with E-state index >= 15 is 0 Å². The molecule has 2 fully saturated rings. The first-order valence-corrected chi connectivity index (χ1v) is 10.9. The highest BCUT2D eigenvalue weighted by Crippen LogP contribution is 2.51. The second-order valence-corrected chi connectivity index (χ2v) is 9.09. The molecule has 6 heteroatoms. The van der Waals surface area contributed by atoms with E-state index in [0.717, 1.165) is 35.5 Å². The van der Waals surface area contributed by atoms with Gasteiger partial charge in [0.1, 0.15) is 0 Å². The fraction of sp³-hybridized carbons (Fsp3) is 0.455. The van der Waals surface area contributed by atoms with E-state index in [2.05, 4.69) is 12.2 Å². The van der Waals surface area contributed by atoms with Crippen LogP contribution in [0.5, 0.6) is 0 Å². The van der Waals surface area contributed by atoms with Gasteiger partial charge in [0.2, 0.25) is 11.8 Å². The highest BCUT2D eigenvalue weighted by molar-refractivity contribution is 7.08. The lowest BCUT2D eigenvalue weighted by atomic mass is 9.75. The number of carbonyl (C=O) groups excluding carboxylic acids is 2. The van der Waals surface area contributed by atoms with Crippen molar-refractivity contribution in [3.8, 4) is 0 Å². The van der Waals surface area contributed by atoms with Crippen molar-refractivity contribution in [2.24, 2.45) is 11.8 Å². The molecule has 28 heavy (non-hydrogen) atoms.